The Morgan fingerprint density at radius 3 is 2.24 bits per heavy atom. The molecule has 0 saturated heterocycles. The molecule has 0 fully saturated rings. The van der Waals surface area contributed by atoms with Gasteiger partial charge in [-0.15, -0.1) is 0 Å². The largest absolute Gasteiger partial charge is 0.449 e. The molecule has 3 rings (SSSR count). The van der Waals surface area contributed by atoms with Gasteiger partial charge in [-0.05, 0) is 12.1 Å². The van der Waals surface area contributed by atoms with Gasteiger partial charge in [0.1, 0.15) is 6.61 Å². The van der Waals surface area contributed by atoms with Crippen LogP contribution in [0, 0.1) is 0 Å². The van der Waals surface area contributed by atoms with Crippen LogP contribution in [0.25, 0.3) is 5.76 Å². The Balaban J connectivity index is 1.99. The molecule has 0 spiro atoms. The van der Waals surface area contributed by atoms with Crippen molar-refractivity contribution < 1.29 is 22.1 Å². The van der Waals surface area contributed by atoms with Crippen LogP contribution in [-0.2, 0) is 24.0 Å². The van der Waals surface area contributed by atoms with E-state index in [4.69, 9.17) is 37.8 Å². The molecule has 2 aromatic rings. The highest BCUT2D eigenvalue weighted by atomic mass is 35.5. The van der Waals surface area contributed by atoms with E-state index in [1.807, 2.05) is 18.2 Å². The van der Waals surface area contributed by atoms with E-state index in [9.17, 15) is 8.42 Å². The van der Waals surface area contributed by atoms with E-state index in [0.29, 0.717) is 15.6 Å². The van der Waals surface area contributed by atoms with Gasteiger partial charge in [0.05, 0.1) is 15.6 Å². The number of benzene rings is 2. The van der Waals surface area contributed by atoms with Gasteiger partial charge in [-0.25, -0.2) is 9.32 Å². The van der Waals surface area contributed by atoms with E-state index in [1.54, 1.807) is 30.3 Å². The fraction of sp³-hybridized carbons (Fsp3) is 0.125. The topological polar surface area (TPSA) is 87.9 Å². The molecule has 0 aromatic heterocycles. The number of halogens is 2. The molecule has 0 aliphatic carbocycles. The minimum atomic E-state index is -4.16. The van der Waals surface area contributed by atoms with Crippen molar-refractivity contribution in [3.63, 3.8) is 0 Å². The SMILES string of the molecule is NS(=O)(=O)OCC1=C(c2c(Cl)cccc2Cl)OC(c2ccccc2)O1. The zero-order valence-electron chi connectivity index (χ0n) is 12.7. The van der Waals surface area contributed by atoms with Crippen LogP contribution >= 0.6 is 23.2 Å². The highest BCUT2D eigenvalue weighted by Crippen LogP contribution is 2.42. The van der Waals surface area contributed by atoms with Gasteiger partial charge >= 0.3 is 10.3 Å². The van der Waals surface area contributed by atoms with Crippen molar-refractivity contribution in [2.75, 3.05) is 6.61 Å². The lowest BCUT2D eigenvalue weighted by molar-refractivity contribution is -0.0323. The molecular formula is C16H13Cl2NO5S. The van der Waals surface area contributed by atoms with E-state index in [-0.39, 0.29) is 11.5 Å². The van der Waals surface area contributed by atoms with Crippen LogP contribution in [0.5, 0.6) is 0 Å². The smallest absolute Gasteiger partial charge is 0.333 e. The lowest BCUT2D eigenvalue weighted by Crippen LogP contribution is -2.17. The van der Waals surface area contributed by atoms with Crippen molar-refractivity contribution in [1.82, 2.24) is 0 Å². The highest BCUT2D eigenvalue weighted by Gasteiger charge is 2.32. The third-order valence-corrected chi connectivity index (χ3v) is 4.42. The normalized spacial score (nSPS) is 17.3. The predicted molar refractivity (Wildman–Crippen MR) is 93.8 cm³/mol. The number of hydrogen-bond acceptors (Lipinski definition) is 5. The van der Waals surface area contributed by atoms with Gasteiger partial charge < -0.3 is 9.47 Å². The molecule has 0 radical (unpaired) electrons. The lowest BCUT2D eigenvalue weighted by Gasteiger charge is -2.13. The van der Waals surface area contributed by atoms with Gasteiger partial charge in [0, 0.05) is 5.56 Å². The zero-order chi connectivity index (χ0) is 18.0. The van der Waals surface area contributed by atoms with Crippen LogP contribution in [0.4, 0.5) is 0 Å². The quantitative estimate of drug-likeness (QED) is 0.825. The summed E-state index contributed by atoms with van der Waals surface area (Å²) in [5.41, 5.74) is 1.12. The number of ether oxygens (including phenoxy) is 2. The molecule has 0 saturated carbocycles. The fourth-order valence-electron chi connectivity index (χ4n) is 2.27. The maximum atomic E-state index is 11.1. The predicted octanol–water partition coefficient (Wildman–Crippen LogP) is 3.63. The van der Waals surface area contributed by atoms with E-state index < -0.39 is 23.2 Å². The van der Waals surface area contributed by atoms with Crippen LogP contribution in [0.2, 0.25) is 10.0 Å². The second kappa shape index (κ2) is 7.23. The van der Waals surface area contributed by atoms with E-state index in [2.05, 4.69) is 4.18 Å². The van der Waals surface area contributed by atoms with E-state index in [1.165, 1.54) is 0 Å². The first kappa shape index (κ1) is 18.0. The molecule has 6 nitrogen and oxygen atoms in total. The van der Waals surface area contributed by atoms with Crippen molar-refractivity contribution in [3.8, 4) is 0 Å². The summed E-state index contributed by atoms with van der Waals surface area (Å²) in [5.74, 6) is 0.325. The average Bonchev–Trinajstić information content (AvgIpc) is 2.97. The van der Waals surface area contributed by atoms with Gasteiger partial charge in [-0.3, -0.25) is 0 Å². The average molecular weight is 402 g/mol. The van der Waals surface area contributed by atoms with Crippen LogP contribution in [-0.4, -0.2) is 15.0 Å². The molecule has 1 aliphatic heterocycles. The summed E-state index contributed by atoms with van der Waals surface area (Å²) in [6, 6.07) is 14.1. The molecule has 2 aromatic carbocycles. The maximum absolute atomic E-state index is 11.1. The Morgan fingerprint density at radius 1 is 1.00 bits per heavy atom. The summed E-state index contributed by atoms with van der Waals surface area (Å²) in [6.07, 6.45) is -0.789. The fourth-order valence-corrected chi connectivity index (χ4v) is 3.11. The number of hydrogen-bond donors (Lipinski definition) is 1. The van der Waals surface area contributed by atoms with Crippen LogP contribution < -0.4 is 5.14 Å². The van der Waals surface area contributed by atoms with Gasteiger partial charge in [0.2, 0.25) is 0 Å². The van der Waals surface area contributed by atoms with Gasteiger partial charge in [-0.2, -0.15) is 8.42 Å². The van der Waals surface area contributed by atoms with Crippen LogP contribution in [0.15, 0.2) is 54.3 Å². The summed E-state index contributed by atoms with van der Waals surface area (Å²) in [7, 11) is -4.16. The summed E-state index contributed by atoms with van der Waals surface area (Å²) < 4.78 is 38.4. The summed E-state index contributed by atoms with van der Waals surface area (Å²) in [4.78, 5) is 0. The molecule has 0 amide bonds. The van der Waals surface area contributed by atoms with Crippen molar-refractivity contribution >= 4 is 39.3 Å². The first-order valence-corrected chi connectivity index (χ1v) is 9.31. The zero-order valence-corrected chi connectivity index (χ0v) is 15.0. The second-order valence-electron chi connectivity index (χ2n) is 5.08. The molecule has 132 valence electrons. The van der Waals surface area contributed by atoms with Crippen molar-refractivity contribution in [2.24, 2.45) is 5.14 Å². The molecule has 9 heteroatoms. The molecule has 1 unspecified atom stereocenters. The first-order valence-electron chi connectivity index (χ1n) is 7.08. The number of rotatable bonds is 5. The third kappa shape index (κ3) is 4.26. The lowest BCUT2D eigenvalue weighted by atomic mass is 10.1. The van der Waals surface area contributed by atoms with Crippen LogP contribution in [0.1, 0.15) is 17.4 Å². The molecule has 2 N–H and O–H groups in total. The highest BCUT2D eigenvalue weighted by molar-refractivity contribution is 7.84. The van der Waals surface area contributed by atoms with Crippen LogP contribution in [0.3, 0.4) is 0 Å². The second-order valence-corrected chi connectivity index (χ2v) is 7.12. The van der Waals surface area contributed by atoms with Gasteiger partial charge in [0.15, 0.2) is 11.5 Å². The Bertz CT molecular complexity index is 895. The monoisotopic (exact) mass is 401 g/mol. The minimum absolute atomic E-state index is 0.123. The van der Waals surface area contributed by atoms with Gasteiger partial charge in [0.25, 0.3) is 6.29 Å². The molecular weight excluding hydrogens is 389 g/mol. The van der Waals surface area contributed by atoms with Gasteiger partial charge in [-0.1, -0.05) is 59.6 Å². The Hall–Kier alpha value is -1.77. The van der Waals surface area contributed by atoms with Crippen molar-refractivity contribution in [1.29, 1.82) is 0 Å². The van der Waals surface area contributed by atoms with E-state index >= 15 is 0 Å². The molecule has 1 atom stereocenters. The molecule has 25 heavy (non-hydrogen) atoms. The summed E-state index contributed by atoms with van der Waals surface area (Å²) in [6.45, 7) is -0.445. The minimum Gasteiger partial charge on any atom is -0.449 e. The standard InChI is InChI=1S/C16H13Cl2NO5S/c17-11-7-4-8-12(18)14(11)15-13(9-22-25(19,20)21)23-16(24-15)10-5-2-1-3-6-10/h1-8,16H,9H2,(H2,19,20,21). The maximum Gasteiger partial charge on any atom is 0.333 e. The molecule has 1 heterocycles. The first-order chi connectivity index (χ1) is 11.8. The summed E-state index contributed by atoms with van der Waals surface area (Å²) in [5, 5.41) is 5.54. The molecule has 0 bridgehead atoms. The summed E-state index contributed by atoms with van der Waals surface area (Å²) >= 11 is 12.4. The third-order valence-electron chi connectivity index (χ3n) is 3.34. The Kier molecular flexibility index (Phi) is 5.21. The van der Waals surface area contributed by atoms with Crippen molar-refractivity contribution in [2.45, 2.75) is 6.29 Å². The Labute approximate surface area is 155 Å². The Morgan fingerprint density at radius 2 is 1.64 bits per heavy atom. The molecule has 1 aliphatic rings. The number of nitrogens with two attached hydrogens (primary N) is 1. The van der Waals surface area contributed by atoms with Crippen molar-refractivity contribution in [3.05, 3.63) is 75.5 Å². The van der Waals surface area contributed by atoms with E-state index in [0.717, 1.165) is 5.56 Å².